The maximum Gasteiger partial charge on any atom is 1.00 e. The Hall–Kier alpha value is -2.11. The second-order valence-electron chi connectivity index (χ2n) is 8.84. The molecule has 0 unspecified atom stereocenters. The van der Waals surface area contributed by atoms with E-state index in [0.717, 1.165) is 19.3 Å². The van der Waals surface area contributed by atoms with Crippen LogP contribution in [0.25, 0.3) is 0 Å². The third-order valence-electron chi connectivity index (χ3n) is 4.96. The maximum absolute atomic E-state index is 11.8. The van der Waals surface area contributed by atoms with E-state index in [4.69, 9.17) is 9.84 Å². The summed E-state index contributed by atoms with van der Waals surface area (Å²) in [5, 5.41) is 10.9. The number of nitrogens with one attached hydrogen (secondary N) is 1. The molecule has 0 aliphatic heterocycles. The van der Waals surface area contributed by atoms with Gasteiger partial charge in [-0.25, -0.2) is 0 Å². The van der Waals surface area contributed by atoms with Gasteiger partial charge in [-0.1, -0.05) is 70.6 Å². The predicted molar refractivity (Wildman–Crippen MR) is 194 cm³/mol. The summed E-state index contributed by atoms with van der Waals surface area (Å²) in [6.45, 7) is 3.77. The number of aliphatic hydroxyl groups is 1. The zero-order chi connectivity index (χ0) is 33.9. The van der Waals surface area contributed by atoms with Gasteiger partial charge < -0.3 is 33.5 Å². The fourth-order valence-corrected chi connectivity index (χ4v) is 3.35. The molecule has 10 nitrogen and oxygen atoms in total. The first-order valence-electron chi connectivity index (χ1n) is 14.4. The molecule has 0 saturated carbocycles. The summed E-state index contributed by atoms with van der Waals surface area (Å²) in [5.41, 5.74) is 0. The number of phosphoric ester groups is 1. The summed E-state index contributed by atoms with van der Waals surface area (Å²) in [6, 6.07) is 2.34. The zero-order valence-corrected chi connectivity index (χ0v) is 33.0. The van der Waals surface area contributed by atoms with Crippen LogP contribution in [0.15, 0.2) is 0 Å². The van der Waals surface area contributed by atoms with Crippen molar-refractivity contribution in [2.24, 2.45) is 0 Å². The van der Waals surface area contributed by atoms with Gasteiger partial charge in [-0.05, 0) is 48.9 Å². The molecule has 1 amide bonds. The molecule has 47 heavy (non-hydrogen) atoms. The average Bonchev–Trinajstić information content (AvgIpc) is 2.99. The molecular formula is C34H66NNa2O9P. The molecule has 0 aromatic rings. The van der Waals surface area contributed by atoms with Crippen molar-refractivity contribution >= 4 is 19.7 Å². The number of hydrogen-bond acceptors (Lipinski definition) is 9. The molecule has 0 aliphatic carbocycles. The minimum atomic E-state index is -5.15. The van der Waals surface area contributed by atoms with Crippen LogP contribution in [0.5, 0.6) is 0 Å². The van der Waals surface area contributed by atoms with Crippen LogP contribution in [0, 0.1) is 83.0 Å². The van der Waals surface area contributed by atoms with Gasteiger partial charge in [0.1, 0.15) is 12.9 Å². The zero-order valence-electron chi connectivity index (χ0n) is 28.1. The van der Waals surface area contributed by atoms with E-state index in [1.165, 1.54) is 45.4 Å². The number of aliphatic hydroxyl groups excluding tert-OH is 1. The van der Waals surface area contributed by atoms with Crippen LogP contribution in [0.3, 0.4) is 0 Å². The summed E-state index contributed by atoms with van der Waals surface area (Å²) in [6.07, 6.45) is 10.6. The van der Waals surface area contributed by atoms with Crippen LogP contribution in [0.1, 0.15) is 110 Å². The molecule has 268 valence electrons. The maximum atomic E-state index is 11.8. The topological polar surface area (TPSA) is 157 Å². The van der Waals surface area contributed by atoms with Gasteiger partial charge in [0.15, 0.2) is 0 Å². The van der Waals surface area contributed by atoms with Gasteiger partial charge in [0.25, 0.3) is 0 Å². The SMILES string of the molecule is CC#CC#CC#CC#CC#CC#CC#CNC(C)=O.CCCCCCCCCCCCC(=O)O[C@@H](COCO)COP(=O)([O-])[O-].[HH].[HH].[HH].[HH].[HH].[HH].[HH].[HH].[HH].[HH].[HH].[HH].[HH].[Na+].[Na+]. The first-order valence-corrected chi connectivity index (χ1v) is 15.8. The Bertz CT molecular complexity index is 1410. The van der Waals surface area contributed by atoms with Crippen molar-refractivity contribution in [3.63, 3.8) is 0 Å². The molecule has 0 rings (SSSR count). The van der Waals surface area contributed by atoms with Crippen LogP contribution in [0.4, 0.5) is 0 Å². The van der Waals surface area contributed by atoms with Gasteiger partial charge >= 0.3 is 65.1 Å². The van der Waals surface area contributed by atoms with Gasteiger partial charge in [-0.3, -0.25) is 14.9 Å². The number of carbonyl (C=O) groups is 2. The number of ether oxygens (including phenoxy) is 2. The minimum absolute atomic E-state index is 0. The molecule has 0 fully saturated rings. The van der Waals surface area contributed by atoms with Crippen molar-refractivity contribution in [1.82, 2.24) is 5.32 Å². The van der Waals surface area contributed by atoms with Gasteiger partial charge in [0.05, 0.1) is 21.0 Å². The number of carbonyl (C=O) groups excluding carboxylic acids is 2. The fraction of sp³-hybridized carbons (Fsp3) is 0.529. The molecule has 0 bridgehead atoms. The largest absolute Gasteiger partial charge is 1.00 e. The summed E-state index contributed by atoms with van der Waals surface area (Å²) in [4.78, 5) is 43.2. The van der Waals surface area contributed by atoms with Crippen LogP contribution < -0.4 is 74.2 Å². The van der Waals surface area contributed by atoms with Crippen LogP contribution in [-0.2, 0) is 28.2 Å². The number of amides is 1. The second-order valence-corrected chi connectivity index (χ2v) is 10.00. The first-order chi connectivity index (χ1) is 21.7. The summed E-state index contributed by atoms with van der Waals surface area (Å²) in [5.74, 6) is 31.6. The van der Waals surface area contributed by atoms with Crippen molar-refractivity contribution in [3.8, 4) is 83.0 Å². The van der Waals surface area contributed by atoms with E-state index in [1.807, 2.05) is 0 Å². The van der Waals surface area contributed by atoms with E-state index in [-0.39, 0.29) is 96.6 Å². The summed E-state index contributed by atoms with van der Waals surface area (Å²) >= 11 is 0. The Morgan fingerprint density at radius 2 is 1.21 bits per heavy atom. The van der Waals surface area contributed by atoms with Crippen molar-refractivity contribution in [3.05, 3.63) is 0 Å². The molecule has 0 saturated heterocycles. The monoisotopic (exact) mass is 709 g/mol. The van der Waals surface area contributed by atoms with E-state index >= 15 is 0 Å². The summed E-state index contributed by atoms with van der Waals surface area (Å²) in [7, 11) is -5.15. The molecule has 0 heterocycles. The van der Waals surface area contributed by atoms with E-state index in [1.54, 1.807) is 6.92 Å². The van der Waals surface area contributed by atoms with E-state index in [9.17, 15) is 23.9 Å². The molecule has 0 radical (unpaired) electrons. The van der Waals surface area contributed by atoms with Gasteiger partial charge in [0.2, 0.25) is 5.91 Å². The quantitative estimate of drug-likeness (QED) is 0.0359. The number of unbranched alkanes of at least 4 members (excludes halogenated alkanes) is 9. The Labute approximate surface area is 344 Å². The smallest absolute Gasteiger partial charge is 0.790 e. The predicted octanol–water partition coefficient (Wildman–Crippen LogP) is -0.649. The van der Waals surface area contributed by atoms with Crippen molar-refractivity contribution in [1.29, 1.82) is 0 Å². The van der Waals surface area contributed by atoms with Crippen molar-refractivity contribution in [2.75, 3.05) is 20.0 Å². The van der Waals surface area contributed by atoms with E-state index in [0.29, 0.717) is 6.42 Å². The number of rotatable bonds is 18. The second kappa shape index (κ2) is 40.1. The standard InChI is InChI=1S/C17H7NO.C17H35O8P.2Na.13H2/c1-3-4-5-6-7-8-9-10-11-12-13-14-15-16-18-17(2)19;1-2-3-4-5-6-7-8-9-10-11-12-17(19)25-16(13-23-15-18)14-24-26(20,21)22;;;;;;;;;;;;;;;/h1-2H3,(H,18,19);16,18H,2-15H2,1H3,(H2,20,21,22);;;13*1H/q;;2*+1;;;;;;;;;;;;;/p-2/t;16-;;;;;;;;;;;;;;;/m.0.............../s1. The van der Waals surface area contributed by atoms with Crippen molar-refractivity contribution in [2.45, 2.75) is 97.5 Å². The number of esters is 1. The van der Waals surface area contributed by atoms with Gasteiger partial charge in [-0.2, -0.15) is 0 Å². The van der Waals surface area contributed by atoms with Gasteiger partial charge in [0, 0.05) is 73.5 Å². The van der Waals surface area contributed by atoms with Crippen LogP contribution in [-0.4, -0.2) is 43.1 Å². The molecular weight excluding hydrogens is 643 g/mol. The normalized spacial score (nSPS) is 9.06. The third-order valence-corrected chi connectivity index (χ3v) is 5.42. The van der Waals surface area contributed by atoms with E-state index in [2.05, 4.69) is 105 Å². The first kappa shape index (κ1) is 51.7. The Balaban J connectivity index is -0.0000000337. The van der Waals surface area contributed by atoms with Crippen molar-refractivity contribution < 1.29 is 121 Å². The third kappa shape index (κ3) is 48.4. The Kier molecular flexibility index (Phi) is 44.1. The molecule has 13 heteroatoms. The Morgan fingerprint density at radius 1 is 0.766 bits per heavy atom. The molecule has 0 aliphatic rings. The Morgan fingerprint density at radius 3 is 1.64 bits per heavy atom. The van der Waals surface area contributed by atoms with Crippen LogP contribution in [0.2, 0.25) is 0 Å². The van der Waals surface area contributed by atoms with E-state index < -0.39 is 33.3 Å². The number of phosphoric acid groups is 1. The molecule has 0 aromatic carbocycles. The minimum Gasteiger partial charge on any atom is -0.790 e. The average molecular weight is 710 g/mol. The number of hydrogen-bond donors (Lipinski definition) is 2. The molecule has 1 atom stereocenters. The van der Waals surface area contributed by atoms with Crippen LogP contribution >= 0.6 is 7.82 Å². The fourth-order valence-electron chi connectivity index (χ4n) is 3.00. The molecule has 2 N–H and O–H groups in total. The summed E-state index contributed by atoms with van der Waals surface area (Å²) < 4.78 is 24.3. The molecule has 0 aromatic heterocycles. The molecule has 0 spiro atoms. The van der Waals surface area contributed by atoms with Gasteiger partial charge in [-0.15, -0.1) is 0 Å².